The molecule has 1 N–H and O–H groups in total. The SMILES string of the molecule is Cn1cc(N2CCC(Nc3cc(C(F)(F)F)nc(-c4cccnc4)n3)C2=O)cn1. The first kappa shape index (κ1) is 18.8. The summed E-state index contributed by atoms with van der Waals surface area (Å²) in [5, 5.41) is 6.87. The van der Waals surface area contributed by atoms with Crippen molar-refractivity contribution in [1.29, 1.82) is 0 Å². The van der Waals surface area contributed by atoms with Gasteiger partial charge >= 0.3 is 6.18 Å². The van der Waals surface area contributed by atoms with Crippen LogP contribution in [0.1, 0.15) is 12.1 Å². The highest BCUT2D eigenvalue weighted by Gasteiger charge is 2.36. The number of amides is 1. The summed E-state index contributed by atoms with van der Waals surface area (Å²) < 4.78 is 41.5. The molecule has 1 amide bonds. The average molecular weight is 403 g/mol. The van der Waals surface area contributed by atoms with E-state index < -0.39 is 17.9 Å². The Morgan fingerprint density at radius 2 is 2.07 bits per heavy atom. The van der Waals surface area contributed by atoms with Gasteiger partial charge in [0.25, 0.3) is 0 Å². The minimum Gasteiger partial charge on any atom is -0.358 e. The largest absolute Gasteiger partial charge is 0.433 e. The van der Waals surface area contributed by atoms with E-state index in [9.17, 15) is 18.0 Å². The Bertz CT molecular complexity index is 1040. The number of anilines is 2. The molecule has 4 heterocycles. The van der Waals surface area contributed by atoms with Crippen LogP contribution in [-0.4, -0.2) is 43.2 Å². The number of aromatic nitrogens is 5. The maximum absolute atomic E-state index is 13.3. The first-order valence-corrected chi connectivity index (χ1v) is 8.74. The summed E-state index contributed by atoms with van der Waals surface area (Å²) in [5.41, 5.74) is -0.115. The van der Waals surface area contributed by atoms with Crippen molar-refractivity contribution in [1.82, 2.24) is 24.7 Å². The van der Waals surface area contributed by atoms with Crippen LogP contribution in [0.3, 0.4) is 0 Å². The highest BCUT2D eigenvalue weighted by molar-refractivity contribution is 6.00. The van der Waals surface area contributed by atoms with Crippen LogP contribution in [0.5, 0.6) is 0 Å². The van der Waals surface area contributed by atoms with Crippen LogP contribution in [0.25, 0.3) is 11.4 Å². The fourth-order valence-corrected chi connectivity index (χ4v) is 3.09. The molecule has 150 valence electrons. The molecule has 3 aromatic rings. The molecule has 0 saturated carbocycles. The lowest BCUT2D eigenvalue weighted by Crippen LogP contribution is -2.33. The number of halogens is 3. The zero-order valence-corrected chi connectivity index (χ0v) is 15.3. The minimum absolute atomic E-state index is 0.0717. The van der Waals surface area contributed by atoms with Crippen LogP contribution in [0.2, 0.25) is 0 Å². The van der Waals surface area contributed by atoms with E-state index in [2.05, 4.69) is 25.4 Å². The predicted octanol–water partition coefficient (Wildman–Crippen LogP) is 2.51. The third-order valence-corrected chi connectivity index (χ3v) is 4.47. The molecule has 0 aliphatic carbocycles. The molecule has 1 atom stereocenters. The highest BCUT2D eigenvalue weighted by atomic mass is 19.4. The van der Waals surface area contributed by atoms with E-state index in [1.165, 1.54) is 12.4 Å². The molecule has 3 aromatic heterocycles. The third-order valence-electron chi connectivity index (χ3n) is 4.47. The summed E-state index contributed by atoms with van der Waals surface area (Å²) in [4.78, 5) is 25.9. The predicted molar refractivity (Wildman–Crippen MR) is 97.9 cm³/mol. The number of hydrogen-bond acceptors (Lipinski definition) is 6. The molecule has 1 fully saturated rings. The quantitative estimate of drug-likeness (QED) is 0.720. The van der Waals surface area contributed by atoms with Crippen molar-refractivity contribution in [2.24, 2.45) is 7.05 Å². The van der Waals surface area contributed by atoms with E-state index in [1.54, 1.807) is 41.2 Å². The fraction of sp³-hybridized carbons (Fsp3) is 0.278. The van der Waals surface area contributed by atoms with Crippen molar-refractivity contribution in [2.45, 2.75) is 18.6 Å². The van der Waals surface area contributed by atoms with Crippen molar-refractivity contribution >= 4 is 17.4 Å². The van der Waals surface area contributed by atoms with Gasteiger partial charge in [-0.3, -0.25) is 14.5 Å². The normalized spacial score (nSPS) is 17.0. The highest BCUT2D eigenvalue weighted by Crippen LogP contribution is 2.31. The molecule has 29 heavy (non-hydrogen) atoms. The lowest BCUT2D eigenvalue weighted by molar-refractivity contribution is -0.141. The van der Waals surface area contributed by atoms with E-state index in [-0.39, 0.29) is 17.5 Å². The standard InChI is InChI=1S/C18H16F3N7O/c1-27-10-12(9-23-27)28-6-4-13(17(28)29)24-15-7-14(18(19,20)21)25-16(26-15)11-3-2-5-22-8-11/h2-3,5,7-10,13H,4,6H2,1H3,(H,24,25,26). The van der Waals surface area contributed by atoms with Gasteiger partial charge in [0.15, 0.2) is 11.5 Å². The number of rotatable bonds is 4. The van der Waals surface area contributed by atoms with Crippen LogP contribution in [0.4, 0.5) is 24.7 Å². The molecule has 0 bridgehead atoms. The molecule has 1 unspecified atom stereocenters. The van der Waals surface area contributed by atoms with E-state index in [0.717, 1.165) is 6.07 Å². The number of hydrogen-bond donors (Lipinski definition) is 1. The monoisotopic (exact) mass is 403 g/mol. The summed E-state index contributed by atoms with van der Waals surface area (Å²) in [5.74, 6) is -0.448. The van der Waals surface area contributed by atoms with Crippen molar-refractivity contribution in [2.75, 3.05) is 16.8 Å². The van der Waals surface area contributed by atoms with Gasteiger partial charge in [-0.25, -0.2) is 9.97 Å². The number of pyridine rings is 1. The summed E-state index contributed by atoms with van der Waals surface area (Å²) >= 11 is 0. The Labute approximate surface area is 163 Å². The van der Waals surface area contributed by atoms with Crippen LogP contribution < -0.4 is 10.2 Å². The first-order valence-electron chi connectivity index (χ1n) is 8.74. The molecule has 8 nitrogen and oxygen atoms in total. The minimum atomic E-state index is -4.66. The average Bonchev–Trinajstić information content (AvgIpc) is 3.27. The molecule has 1 saturated heterocycles. The van der Waals surface area contributed by atoms with E-state index in [0.29, 0.717) is 24.2 Å². The van der Waals surface area contributed by atoms with Crippen molar-refractivity contribution in [3.63, 3.8) is 0 Å². The van der Waals surface area contributed by atoms with Gasteiger partial charge in [-0.15, -0.1) is 0 Å². The Kier molecular flexibility index (Phi) is 4.65. The van der Waals surface area contributed by atoms with Gasteiger partial charge in [-0.05, 0) is 18.6 Å². The zero-order chi connectivity index (χ0) is 20.6. The second kappa shape index (κ2) is 7.15. The van der Waals surface area contributed by atoms with Gasteiger partial charge in [0.2, 0.25) is 5.91 Å². The molecule has 1 aliphatic rings. The topological polar surface area (TPSA) is 88.8 Å². The van der Waals surface area contributed by atoms with E-state index in [1.807, 2.05) is 0 Å². The van der Waals surface area contributed by atoms with Gasteiger partial charge in [0.05, 0.1) is 11.9 Å². The van der Waals surface area contributed by atoms with Gasteiger partial charge < -0.3 is 10.2 Å². The fourth-order valence-electron chi connectivity index (χ4n) is 3.09. The van der Waals surface area contributed by atoms with Crippen LogP contribution in [0, 0.1) is 0 Å². The lowest BCUT2D eigenvalue weighted by atomic mass is 10.2. The summed E-state index contributed by atoms with van der Waals surface area (Å²) in [6, 6.07) is 3.25. The number of alkyl halides is 3. The number of nitrogens with one attached hydrogen (secondary N) is 1. The van der Waals surface area contributed by atoms with Crippen LogP contribution in [0.15, 0.2) is 43.0 Å². The first-order chi connectivity index (χ1) is 13.8. The Morgan fingerprint density at radius 1 is 1.24 bits per heavy atom. The van der Waals surface area contributed by atoms with E-state index >= 15 is 0 Å². The van der Waals surface area contributed by atoms with Crippen molar-refractivity contribution < 1.29 is 18.0 Å². The second-order valence-corrected chi connectivity index (χ2v) is 6.55. The molecule has 0 aromatic carbocycles. The molecule has 0 radical (unpaired) electrons. The summed E-state index contributed by atoms with van der Waals surface area (Å²) in [6.07, 6.45) is 1.91. The Balaban J connectivity index is 1.62. The maximum atomic E-state index is 13.3. The number of carbonyl (C=O) groups is 1. The molecule has 1 aliphatic heterocycles. The molecule has 11 heteroatoms. The van der Waals surface area contributed by atoms with Crippen LogP contribution >= 0.6 is 0 Å². The number of carbonyl (C=O) groups excluding carboxylic acids is 1. The lowest BCUT2D eigenvalue weighted by Gasteiger charge is -2.17. The number of nitrogens with zero attached hydrogens (tertiary/aromatic N) is 6. The Hall–Kier alpha value is -3.50. The smallest absolute Gasteiger partial charge is 0.358 e. The van der Waals surface area contributed by atoms with Gasteiger partial charge in [0.1, 0.15) is 11.9 Å². The molecular formula is C18H16F3N7O. The van der Waals surface area contributed by atoms with Crippen molar-refractivity contribution in [3.05, 3.63) is 48.7 Å². The molecular weight excluding hydrogens is 387 g/mol. The van der Waals surface area contributed by atoms with Gasteiger partial charge in [0, 0.05) is 43.8 Å². The number of aryl methyl sites for hydroxylation is 1. The van der Waals surface area contributed by atoms with Crippen molar-refractivity contribution in [3.8, 4) is 11.4 Å². The second-order valence-electron chi connectivity index (χ2n) is 6.55. The molecule has 4 rings (SSSR count). The van der Waals surface area contributed by atoms with Gasteiger partial charge in [-0.2, -0.15) is 18.3 Å². The maximum Gasteiger partial charge on any atom is 0.433 e. The third kappa shape index (κ3) is 3.89. The van der Waals surface area contributed by atoms with Gasteiger partial charge in [-0.1, -0.05) is 0 Å². The Morgan fingerprint density at radius 3 is 2.72 bits per heavy atom. The summed E-state index contributed by atoms with van der Waals surface area (Å²) in [7, 11) is 1.74. The summed E-state index contributed by atoms with van der Waals surface area (Å²) in [6.45, 7) is 0.425. The van der Waals surface area contributed by atoms with E-state index in [4.69, 9.17) is 0 Å². The van der Waals surface area contributed by atoms with Crippen LogP contribution in [-0.2, 0) is 18.0 Å². The zero-order valence-electron chi connectivity index (χ0n) is 15.3. The molecule has 0 spiro atoms.